The summed E-state index contributed by atoms with van der Waals surface area (Å²) in [5.74, 6) is -0.850. The summed E-state index contributed by atoms with van der Waals surface area (Å²) in [5, 5.41) is 20.7. The maximum atomic E-state index is 13.2. The molecule has 0 unspecified atom stereocenters. The van der Waals surface area contributed by atoms with Crippen molar-refractivity contribution >= 4 is 28.5 Å². The topological polar surface area (TPSA) is 83.6 Å². The molecule has 3 aromatic rings. The third-order valence-corrected chi connectivity index (χ3v) is 4.72. The van der Waals surface area contributed by atoms with E-state index in [-0.39, 0.29) is 11.4 Å². The van der Waals surface area contributed by atoms with Crippen molar-refractivity contribution in [2.75, 3.05) is 5.32 Å². The van der Waals surface area contributed by atoms with Gasteiger partial charge < -0.3 is 4.57 Å². The standard InChI is InChI=1S/C19H16FN5OS/c1-11-8-14(12(2)25(11)17-6-4-16(20)5-7-17)9-15(10-21)18(26)22-19-24-23-13(3)27-19/h4-9H,1-3H3,(H,22,24,26)/b15-9-. The lowest BCUT2D eigenvalue weighted by Crippen LogP contribution is -2.13. The van der Waals surface area contributed by atoms with Gasteiger partial charge in [-0.05, 0) is 62.7 Å². The molecule has 2 aromatic heterocycles. The molecule has 0 aliphatic rings. The van der Waals surface area contributed by atoms with Crippen LogP contribution in [0.25, 0.3) is 11.8 Å². The Hall–Kier alpha value is -3.31. The summed E-state index contributed by atoms with van der Waals surface area (Å²) in [6, 6.07) is 9.94. The van der Waals surface area contributed by atoms with Gasteiger partial charge in [0.05, 0.1) is 0 Å². The number of rotatable bonds is 4. The van der Waals surface area contributed by atoms with E-state index in [2.05, 4.69) is 15.5 Å². The second-order valence-electron chi connectivity index (χ2n) is 5.89. The number of nitrogens with one attached hydrogen (secondary N) is 1. The molecule has 0 aliphatic heterocycles. The van der Waals surface area contributed by atoms with Crippen LogP contribution in [0.2, 0.25) is 0 Å². The summed E-state index contributed by atoms with van der Waals surface area (Å²) in [6.45, 7) is 5.56. The molecule has 0 fully saturated rings. The van der Waals surface area contributed by atoms with Crippen LogP contribution in [0.4, 0.5) is 9.52 Å². The summed E-state index contributed by atoms with van der Waals surface area (Å²) in [7, 11) is 0. The Kier molecular flexibility index (Phi) is 5.14. The number of carbonyl (C=O) groups is 1. The van der Waals surface area contributed by atoms with Gasteiger partial charge in [-0.3, -0.25) is 10.1 Å². The fraction of sp³-hybridized carbons (Fsp3) is 0.158. The summed E-state index contributed by atoms with van der Waals surface area (Å²) in [5.41, 5.74) is 3.24. The maximum Gasteiger partial charge on any atom is 0.268 e. The molecule has 0 saturated heterocycles. The van der Waals surface area contributed by atoms with Gasteiger partial charge in [-0.1, -0.05) is 11.3 Å². The molecule has 1 N–H and O–H groups in total. The van der Waals surface area contributed by atoms with Gasteiger partial charge in [0, 0.05) is 17.1 Å². The number of hydrogen-bond acceptors (Lipinski definition) is 5. The highest BCUT2D eigenvalue weighted by Crippen LogP contribution is 2.23. The van der Waals surface area contributed by atoms with Gasteiger partial charge in [0.2, 0.25) is 5.13 Å². The zero-order valence-electron chi connectivity index (χ0n) is 14.9. The number of halogens is 1. The Morgan fingerprint density at radius 3 is 2.56 bits per heavy atom. The number of anilines is 1. The molecular weight excluding hydrogens is 365 g/mol. The molecule has 1 aromatic carbocycles. The van der Waals surface area contributed by atoms with Gasteiger partial charge in [0.25, 0.3) is 5.91 Å². The SMILES string of the molecule is Cc1nnc(NC(=O)/C(C#N)=C\c2cc(C)n(-c3ccc(F)cc3)c2C)s1. The number of nitrogens with zero attached hydrogens (tertiary/aromatic N) is 4. The molecule has 136 valence electrons. The molecule has 8 heteroatoms. The Labute approximate surface area is 159 Å². The normalized spacial score (nSPS) is 11.3. The summed E-state index contributed by atoms with van der Waals surface area (Å²) >= 11 is 1.23. The molecular formula is C19H16FN5OS. The Bertz CT molecular complexity index is 1070. The molecule has 0 bridgehead atoms. The molecule has 2 heterocycles. The smallest absolute Gasteiger partial charge is 0.268 e. The van der Waals surface area contributed by atoms with Gasteiger partial charge in [0.1, 0.15) is 22.5 Å². The number of nitriles is 1. The molecule has 0 aliphatic carbocycles. The molecule has 6 nitrogen and oxygen atoms in total. The van der Waals surface area contributed by atoms with Crippen molar-refractivity contribution in [3.05, 3.63) is 63.7 Å². The van der Waals surface area contributed by atoms with Gasteiger partial charge in [-0.15, -0.1) is 10.2 Å². The quantitative estimate of drug-likeness (QED) is 0.548. The van der Waals surface area contributed by atoms with E-state index >= 15 is 0 Å². The van der Waals surface area contributed by atoms with Crippen molar-refractivity contribution in [2.24, 2.45) is 0 Å². The van der Waals surface area contributed by atoms with Gasteiger partial charge in [0.15, 0.2) is 0 Å². The molecule has 0 saturated carbocycles. The minimum absolute atomic E-state index is 0.0396. The molecule has 0 radical (unpaired) electrons. The average Bonchev–Trinajstić information content (AvgIpc) is 3.16. The van der Waals surface area contributed by atoms with Gasteiger partial charge in [-0.25, -0.2) is 4.39 Å². The molecule has 0 atom stereocenters. The number of aromatic nitrogens is 3. The number of aryl methyl sites for hydroxylation is 2. The fourth-order valence-corrected chi connectivity index (χ4v) is 3.32. The second kappa shape index (κ2) is 7.51. The van der Waals surface area contributed by atoms with Crippen molar-refractivity contribution < 1.29 is 9.18 Å². The van der Waals surface area contributed by atoms with E-state index < -0.39 is 5.91 Å². The number of hydrogen-bond donors (Lipinski definition) is 1. The largest absolute Gasteiger partial charge is 0.318 e. The molecule has 27 heavy (non-hydrogen) atoms. The van der Waals surface area contributed by atoms with Crippen LogP contribution >= 0.6 is 11.3 Å². The zero-order valence-corrected chi connectivity index (χ0v) is 15.8. The fourth-order valence-electron chi connectivity index (χ4n) is 2.74. The van der Waals surface area contributed by atoms with E-state index in [0.29, 0.717) is 5.13 Å². The zero-order chi connectivity index (χ0) is 19.6. The molecule has 3 rings (SSSR count). The lowest BCUT2D eigenvalue weighted by atomic mass is 10.1. The average molecular weight is 381 g/mol. The first-order chi connectivity index (χ1) is 12.9. The van der Waals surface area contributed by atoms with E-state index in [1.165, 1.54) is 29.5 Å². The van der Waals surface area contributed by atoms with Crippen LogP contribution in [0.3, 0.4) is 0 Å². The van der Waals surface area contributed by atoms with Crippen LogP contribution in [-0.4, -0.2) is 20.7 Å². The van der Waals surface area contributed by atoms with E-state index in [1.807, 2.05) is 30.6 Å². The van der Waals surface area contributed by atoms with Crippen LogP contribution in [0.5, 0.6) is 0 Å². The lowest BCUT2D eigenvalue weighted by molar-refractivity contribution is -0.112. The predicted octanol–water partition coefficient (Wildman–Crippen LogP) is 3.94. The van der Waals surface area contributed by atoms with Crippen molar-refractivity contribution in [3.63, 3.8) is 0 Å². The Balaban J connectivity index is 1.93. The third-order valence-electron chi connectivity index (χ3n) is 3.97. The highest BCUT2D eigenvalue weighted by atomic mass is 32.1. The van der Waals surface area contributed by atoms with E-state index in [0.717, 1.165) is 27.6 Å². The van der Waals surface area contributed by atoms with Crippen LogP contribution in [0.1, 0.15) is 22.0 Å². The van der Waals surface area contributed by atoms with Crippen LogP contribution in [0, 0.1) is 37.9 Å². The first-order valence-electron chi connectivity index (χ1n) is 8.07. The monoisotopic (exact) mass is 381 g/mol. The highest BCUT2D eigenvalue weighted by molar-refractivity contribution is 7.15. The van der Waals surface area contributed by atoms with Gasteiger partial charge in [-0.2, -0.15) is 5.26 Å². The lowest BCUT2D eigenvalue weighted by Gasteiger charge is -2.09. The summed E-state index contributed by atoms with van der Waals surface area (Å²) in [6.07, 6.45) is 1.53. The Morgan fingerprint density at radius 2 is 1.96 bits per heavy atom. The van der Waals surface area contributed by atoms with E-state index in [1.54, 1.807) is 19.1 Å². The first kappa shape index (κ1) is 18.5. The Morgan fingerprint density at radius 1 is 1.26 bits per heavy atom. The van der Waals surface area contributed by atoms with Crippen molar-refractivity contribution in [1.29, 1.82) is 5.26 Å². The van der Waals surface area contributed by atoms with E-state index in [9.17, 15) is 14.4 Å². The second-order valence-corrected chi connectivity index (χ2v) is 7.07. The minimum Gasteiger partial charge on any atom is -0.318 e. The third kappa shape index (κ3) is 3.93. The van der Waals surface area contributed by atoms with Crippen LogP contribution in [0.15, 0.2) is 35.9 Å². The summed E-state index contributed by atoms with van der Waals surface area (Å²) in [4.78, 5) is 12.4. The first-order valence-corrected chi connectivity index (χ1v) is 8.89. The van der Waals surface area contributed by atoms with Crippen LogP contribution in [-0.2, 0) is 4.79 Å². The minimum atomic E-state index is -0.541. The van der Waals surface area contributed by atoms with Crippen molar-refractivity contribution in [2.45, 2.75) is 20.8 Å². The number of carbonyl (C=O) groups excluding carboxylic acids is 1. The van der Waals surface area contributed by atoms with Crippen molar-refractivity contribution in [3.8, 4) is 11.8 Å². The molecule has 0 spiro atoms. The maximum absolute atomic E-state index is 13.2. The van der Waals surface area contributed by atoms with Crippen molar-refractivity contribution in [1.82, 2.24) is 14.8 Å². The number of benzene rings is 1. The van der Waals surface area contributed by atoms with E-state index in [4.69, 9.17) is 0 Å². The summed E-state index contributed by atoms with van der Waals surface area (Å²) < 4.78 is 15.1. The van der Waals surface area contributed by atoms with Crippen LogP contribution < -0.4 is 5.32 Å². The number of amides is 1. The molecule has 1 amide bonds. The van der Waals surface area contributed by atoms with Gasteiger partial charge >= 0.3 is 0 Å². The highest BCUT2D eigenvalue weighted by Gasteiger charge is 2.15. The predicted molar refractivity (Wildman–Crippen MR) is 102 cm³/mol.